The Kier molecular flexibility index (Phi) is 8.98. The number of rotatable bonds is 10. The number of hydrogen-bond acceptors (Lipinski definition) is 11. The van der Waals surface area contributed by atoms with Crippen LogP contribution < -0.4 is 16.6 Å². The van der Waals surface area contributed by atoms with E-state index in [2.05, 4.69) is 52.2 Å². The predicted octanol–water partition coefficient (Wildman–Crippen LogP) is 4.73. The fourth-order valence-electron chi connectivity index (χ4n) is 2.52. The van der Waals surface area contributed by atoms with Gasteiger partial charge in [-0.2, -0.15) is 5.10 Å². The molecule has 2 heterocycles. The van der Waals surface area contributed by atoms with Crippen molar-refractivity contribution in [3.8, 4) is 0 Å². The molecule has 2 aromatic heterocycles. The Morgan fingerprint density at radius 2 is 1.94 bits per heavy atom. The fraction of sp³-hybridized carbons (Fsp3) is 0.100. The molecule has 15 heteroatoms. The van der Waals surface area contributed by atoms with E-state index in [-0.39, 0.29) is 17.6 Å². The molecular weight excluding hydrogens is 594 g/mol. The molecule has 4 aromatic rings. The van der Waals surface area contributed by atoms with Gasteiger partial charge in [0, 0.05) is 15.2 Å². The van der Waals surface area contributed by atoms with Crippen LogP contribution in [-0.4, -0.2) is 42.9 Å². The average molecular weight is 611 g/mol. The summed E-state index contributed by atoms with van der Waals surface area (Å²) in [6.45, 7) is 0. The van der Waals surface area contributed by atoms with Gasteiger partial charge >= 0.3 is 0 Å². The Morgan fingerprint density at radius 3 is 2.74 bits per heavy atom. The van der Waals surface area contributed by atoms with E-state index < -0.39 is 0 Å². The van der Waals surface area contributed by atoms with Gasteiger partial charge in [0.2, 0.25) is 16.2 Å². The lowest BCUT2D eigenvalue weighted by Gasteiger charge is -2.03. The lowest BCUT2D eigenvalue weighted by molar-refractivity contribution is -0.113. The number of amides is 1. The first-order valence-electron chi connectivity index (χ1n) is 9.85. The van der Waals surface area contributed by atoms with Gasteiger partial charge in [0.1, 0.15) is 0 Å². The van der Waals surface area contributed by atoms with Gasteiger partial charge in [-0.3, -0.25) is 10.1 Å². The maximum Gasteiger partial charge on any atom is 0.264 e. The van der Waals surface area contributed by atoms with E-state index in [1.54, 1.807) is 6.21 Å². The van der Waals surface area contributed by atoms with Crippen molar-refractivity contribution in [1.29, 1.82) is 0 Å². The van der Waals surface area contributed by atoms with Crippen molar-refractivity contribution in [2.45, 2.75) is 15.2 Å². The average Bonchev–Trinajstić information content (AvgIpc) is 3.44. The van der Waals surface area contributed by atoms with Crippen LogP contribution in [0.2, 0.25) is 5.02 Å². The molecule has 0 saturated heterocycles. The second-order valence-electron chi connectivity index (χ2n) is 6.69. The van der Waals surface area contributed by atoms with E-state index in [1.165, 1.54) is 27.8 Å². The molecule has 4 rings (SSSR count). The van der Waals surface area contributed by atoms with Crippen LogP contribution in [0.15, 0.2) is 67.6 Å². The largest absolute Gasteiger partial charge is 0.334 e. The van der Waals surface area contributed by atoms with Gasteiger partial charge in [-0.25, -0.2) is 10.1 Å². The minimum absolute atomic E-state index is 0.0686. The van der Waals surface area contributed by atoms with Crippen molar-refractivity contribution in [2.24, 2.45) is 5.10 Å². The molecule has 0 aliphatic rings. The third kappa shape index (κ3) is 7.41. The summed E-state index contributed by atoms with van der Waals surface area (Å²) in [6.07, 6.45) is 1.63. The first kappa shape index (κ1) is 25.4. The zero-order chi connectivity index (χ0) is 24.6. The zero-order valence-corrected chi connectivity index (χ0v) is 22.6. The summed E-state index contributed by atoms with van der Waals surface area (Å²) in [5.74, 6) is 6.71. The molecule has 1 amide bonds. The lowest BCUT2D eigenvalue weighted by Crippen LogP contribution is -2.16. The lowest BCUT2D eigenvalue weighted by atomic mass is 10.2. The molecule has 0 atom stereocenters. The third-order valence-electron chi connectivity index (χ3n) is 4.21. The van der Waals surface area contributed by atoms with Crippen LogP contribution in [0.3, 0.4) is 0 Å². The molecule has 10 nitrogen and oxygen atoms in total. The van der Waals surface area contributed by atoms with Gasteiger partial charge < -0.3 is 5.84 Å². The minimum Gasteiger partial charge on any atom is -0.334 e. The summed E-state index contributed by atoms with van der Waals surface area (Å²) < 4.78 is 2.94. The van der Waals surface area contributed by atoms with Crippen LogP contribution >= 0.6 is 62.4 Å². The first-order chi connectivity index (χ1) is 17.0. The molecule has 0 saturated carbocycles. The van der Waals surface area contributed by atoms with Crippen LogP contribution in [0.1, 0.15) is 11.1 Å². The summed E-state index contributed by atoms with van der Waals surface area (Å²) in [5, 5.41) is 24.4. The number of nitrogens with one attached hydrogen (secondary N) is 2. The molecule has 0 bridgehead atoms. The number of aromatic nitrogens is 5. The molecule has 0 aliphatic heterocycles. The van der Waals surface area contributed by atoms with Crippen molar-refractivity contribution in [1.82, 2.24) is 25.1 Å². The van der Waals surface area contributed by atoms with Gasteiger partial charge in [-0.1, -0.05) is 92.7 Å². The highest BCUT2D eigenvalue weighted by Gasteiger charge is 2.14. The Balaban J connectivity index is 1.23. The maximum absolute atomic E-state index is 12.3. The molecular formula is C20H17BrClN9OS3. The van der Waals surface area contributed by atoms with Crippen molar-refractivity contribution < 1.29 is 4.79 Å². The van der Waals surface area contributed by atoms with E-state index in [4.69, 9.17) is 17.4 Å². The molecule has 0 fully saturated rings. The van der Waals surface area contributed by atoms with Gasteiger partial charge in [0.15, 0.2) is 4.34 Å². The second-order valence-corrected chi connectivity index (χ2v) is 11.2. The van der Waals surface area contributed by atoms with Gasteiger partial charge in [-0.05, 0) is 29.3 Å². The van der Waals surface area contributed by atoms with Gasteiger partial charge in [0.05, 0.1) is 12.0 Å². The predicted molar refractivity (Wildman–Crippen MR) is 146 cm³/mol. The summed E-state index contributed by atoms with van der Waals surface area (Å²) in [7, 11) is 0. The number of carbonyl (C=O) groups is 1. The van der Waals surface area contributed by atoms with Crippen molar-refractivity contribution in [2.75, 3.05) is 22.3 Å². The first-order valence-corrected chi connectivity index (χ1v) is 13.8. The number of carbonyl (C=O) groups excluding carboxylic acids is 1. The quantitative estimate of drug-likeness (QED) is 0.0765. The van der Waals surface area contributed by atoms with Crippen LogP contribution in [-0.2, 0) is 10.5 Å². The molecule has 0 unspecified atom stereocenters. The maximum atomic E-state index is 12.3. The minimum atomic E-state index is -0.264. The van der Waals surface area contributed by atoms with Crippen molar-refractivity contribution in [3.63, 3.8) is 0 Å². The van der Waals surface area contributed by atoms with E-state index in [1.807, 2.05) is 48.5 Å². The number of halogens is 2. The topological polar surface area (TPSA) is 136 Å². The second kappa shape index (κ2) is 12.4. The number of nitrogens with two attached hydrogens (primary N) is 1. The molecule has 0 radical (unpaired) electrons. The summed E-state index contributed by atoms with van der Waals surface area (Å²) in [4.78, 5) is 12.3. The number of benzene rings is 2. The zero-order valence-electron chi connectivity index (χ0n) is 17.8. The third-order valence-corrected chi connectivity index (χ3v) is 8.07. The molecule has 4 N–H and O–H groups in total. The summed E-state index contributed by atoms with van der Waals surface area (Å²) in [5.41, 5.74) is 4.64. The van der Waals surface area contributed by atoms with E-state index in [9.17, 15) is 4.79 Å². The van der Waals surface area contributed by atoms with Crippen molar-refractivity contribution in [3.05, 3.63) is 69.2 Å². The smallest absolute Gasteiger partial charge is 0.264 e. The Morgan fingerprint density at radius 1 is 1.14 bits per heavy atom. The highest BCUT2D eigenvalue weighted by Crippen LogP contribution is 2.30. The van der Waals surface area contributed by atoms with Crippen LogP contribution in [0.4, 0.5) is 11.1 Å². The van der Waals surface area contributed by atoms with Gasteiger partial charge in [-0.15, -0.1) is 20.4 Å². The van der Waals surface area contributed by atoms with Crippen molar-refractivity contribution >= 4 is 85.6 Å². The summed E-state index contributed by atoms with van der Waals surface area (Å²) >= 11 is 13.5. The normalized spacial score (nSPS) is 11.1. The number of nitrogens with zero attached hydrogens (tertiary/aromatic N) is 6. The Bertz CT molecular complexity index is 1330. The number of thioether (sulfide) groups is 2. The Hall–Kier alpha value is -2.65. The fourth-order valence-corrected chi connectivity index (χ4v) is 5.50. The van der Waals surface area contributed by atoms with Crippen LogP contribution in [0.5, 0.6) is 0 Å². The summed E-state index contributed by atoms with van der Waals surface area (Å²) in [6, 6.07) is 15.3. The Labute approximate surface area is 226 Å². The van der Waals surface area contributed by atoms with E-state index in [0.717, 1.165) is 31.7 Å². The van der Waals surface area contributed by atoms with Crippen LogP contribution in [0.25, 0.3) is 0 Å². The molecule has 2 aromatic carbocycles. The number of nitrogen functional groups attached to an aromatic ring is 1. The monoisotopic (exact) mass is 609 g/mol. The number of anilines is 2. The molecule has 180 valence electrons. The number of hydrazone groups is 1. The SMILES string of the molecule is Nn1c(N/N=C/c2ccc(Br)cc2)nnc1SCC(=O)Nc1nnc(SCc2ccccc2Cl)s1. The van der Waals surface area contributed by atoms with Gasteiger partial charge in [0.25, 0.3) is 5.95 Å². The van der Waals surface area contributed by atoms with E-state index in [0.29, 0.717) is 21.1 Å². The standard InChI is InChI=1S/C20H17BrClN9OS3/c21-14-7-5-12(6-8-14)9-24-26-17-27-29-19(31(17)23)33-11-16(32)25-18-28-30-20(35-18)34-10-13-3-1-2-4-15(13)22/h1-9H,10-11,23H2,(H,26,27)(H,25,28,32)/b24-9+. The molecule has 0 aliphatic carbocycles. The van der Waals surface area contributed by atoms with E-state index >= 15 is 0 Å². The highest BCUT2D eigenvalue weighted by atomic mass is 79.9. The highest BCUT2D eigenvalue weighted by molar-refractivity contribution is 9.10. The molecule has 35 heavy (non-hydrogen) atoms. The molecule has 0 spiro atoms. The van der Waals surface area contributed by atoms with Crippen LogP contribution in [0, 0.1) is 0 Å². The number of hydrogen-bond donors (Lipinski definition) is 3.